The van der Waals surface area contributed by atoms with E-state index in [4.69, 9.17) is 9.84 Å². The lowest BCUT2D eigenvalue weighted by molar-refractivity contribution is -0.137. The summed E-state index contributed by atoms with van der Waals surface area (Å²) >= 11 is 0. The Morgan fingerprint density at radius 2 is 2.24 bits per heavy atom. The summed E-state index contributed by atoms with van der Waals surface area (Å²) in [5.74, 6) is -0.211. The highest BCUT2D eigenvalue weighted by atomic mass is 16.5. The van der Waals surface area contributed by atoms with Gasteiger partial charge in [-0.15, -0.1) is 0 Å². The third-order valence-electron chi connectivity index (χ3n) is 3.30. The molecular weight excluding hydrogens is 220 g/mol. The molecule has 1 fully saturated rings. The van der Waals surface area contributed by atoms with Gasteiger partial charge in [-0.05, 0) is 30.5 Å². The predicted molar refractivity (Wildman–Crippen MR) is 61.5 cm³/mol. The number of aldehydes is 1. The van der Waals surface area contributed by atoms with Gasteiger partial charge < -0.3 is 9.84 Å². The quantitative estimate of drug-likeness (QED) is 0.791. The van der Waals surface area contributed by atoms with Gasteiger partial charge in [0.15, 0.2) is 0 Å². The molecule has 4 heteroatoms. The second-order valence-electron chi connectivity index (χ2n) is 4.42. The summed E-state index contributed by atoms with van der Waals surface area (Å²) < 4.78 is 5.05. The number of carbonyl (C=O) groups excluding carboxylic acids is 1. The monoisotopic (exact) mass is 234 g/mol. The normalized spacial score (nSPS) is 16.3. The van der Waals surface area contributed by atoms with Gasteiger partial charge in [0, 0.05) is 11.0 Å². The van der Waals surface area contributed by atoms with Crippen molar-refractivity contribution in [2.45, 2.75) is 24.7 Å². The lowest BCUT2D eigenvalue weighted by Crippen LogP contribution is -2.15. The molecule has 4 nitrogen and oxygen atoms in total. The van der Waals surface area contributed by atoms with Gasteiger partial charge in [-0.3, -0.25) is 9.59 Å². The molecule has 0 unspecified atom stereocenters. The molecule has 0 bridgehead atoms. The summed E-state index contributed by atoms with van der Waals surface area (Å²) in [6.07, 6.45) is 2.50. The van der Waals surface area contributed by atoms with E-state index < -0.39 is 5.97 Å². The van der Waals surface area contributed by atoms with E-state index in [0.29, 0.717) is 11.3 Å². The van der Waals surface area contributed by atoms with Crippen LogP contribution in [0.3, 0.4) is 0 Å². The zero-order valence-electron chi connectivity index (χ0n) is 9.60. The van der Waals surface area contributed by atoms with Crippen molar-refractivity contribution in [3.8, 4) is 5.75 Å². The highest BCUT2D eigenvalue weighted by Crippen LogP contribution is 2.52. The number of methoxy groups -OCH3 is 1. The van der Waals surface area contributed by atoms with Gasteiger partial charge in [-0.1, -0.05) is 6.07 Å². The van der Waals surface area contributed by atoms with Crippen LogP contribution in [-0.4, -0.2) is 24.5 Å². The van der Waals surface area contributed by atoms with Crippen LogP contribution in [0.4, 0.5) is 0 Å². The van der Waals surface area contributed by atoms with Crippen molar-refractivity contribution < 1.29 is 19.4 Å². The molecular formula is C13H14O4. The van der Waals surface area contributed by atoms with Crippen LogP contribution in [-0.2, 0) is 10.2 Å². The molecule has 90 valence electrons. The van der Waals surface area contributed by atoms with Crippen LogP contribution in [0.25, 0.3) is 0 Å². The number of hydrogen-bond acceptors (Lipinski definition) is 3. The van der Waals surface area contributed by atoms with E-state index in [0.717, 1.165) is 24.7 Å². The van der Waals surface area contributed by atoms with Crippen LogP contribution in [0.15, 0.2) is 18.2 Å². The van der Waals surface area contributed by atoms with Gasteiger partial charge >= 0.3 is 5.97 Å². The second-order valence-corrected chi connectivity index (χ2v) is 4.42. The van der Waals surface area contributed by atoms with Crippen molar-refractivity contribution in [3.63, 3.8) is 0 Å². The highest BCUT2D eigenvalue weighted by Gasteiger charge is 2.47. The topological polar surface area (TPSA) is 63.6 Å². The fourth-order valence-corrected chi connectivity index (χ4v) is 2.23. The molecule has 1 aliphatic carbocycles. The van der Waals surface area contributed by atoms with Crippen molar-refractivity contribution in [3.05, 3.63) is 29.3 Å². The Kier molecular flexibility index (Phi) is 2.88. The minimum Gasteiger partial charge on any atom is -0.497 e. The summed E-state index contributed by atoms with van der Waals surface area (Å²) in [4.78, 5) is 21.9. The molecule has 0 aromatic heterocycles. The third-order valence-corrected chi connectivity index (χ3v) is 3.30. The zero-order valence-corrected chi connectivity index (χ0v) is 9.60. The van der Waals surface area contributed by atoms with Crippen LogP contribution < -0.4 is 4.74 Å². The Hall–Kier alpha value is -1.84. The molecule has 0 atom stereocenters. The van der Waals surface area contributed by atoms with Crippen LogP contribution in [0.2, 0.25) is 0 Å². The summed E-state index contributed by atoms with van der Waals surface area (Å²) in [5, 5.41) is 8.90. The van der Waals surface area contributed by atoms with E-state index >= 15 is 0 Å². The van der Waals surface area contributed by atoms with E-state index in [1.54, 1.807) is 18.2 Å². The summed E-state index contributed by atoms with van der Waals surface area (Å²) in [7, 11) is 1.54. The first-order valence-corrected chi connectivity index (χ1v) is 5.47. The summed E-state index contributed by atoms with van der Waals surface area (Å²) in [6, 6.07) is 5.23. The maximum atomic E-state index is 11.1. The Morgan fingerprint density at radius 3 is 2.71 bits per heavy atom. The minimum absolute atomic E-state index is 0.0835. The predicted octanol–water partition coefficient (Wildman–Crippen LogP) is 2.01. The maximum Gasteiger partial charge on any atom is 0.304 e. The smallest absolute Gasteiger partial charge is 0.304 e. The van der Waals surface area contributed by atoms with Gasteiger partial charge in [-0.2, -0.15) is 0 Å². The molecule has 0 amide bonds. The molecule has 1 saturated carbocycles. The molecule has 17 heavy (non-hydrogen) atoms. The number of ether oxygens (including phenoxy) is 1. The maximum absolute atomic E-state index is 11.1. The molecule has 2 rings (SSSR count). The molecule has 1 aromatic carbocycles. The highest BCUT2D eigenvalue weighted by molar-refractivity contribution is 5.80. The van der Waals surface area contributed by atoms with Crippen molar-refractivity contribution in [2.24, 2.45) is 0 Å². The Bertz CT molecular complexity index is 460. The standard InChI is InChI=1S/C13H14O4/c1-17-10-2-3-11(9(6-10)8-14)13(4-5-13)7-12(15)16/h2-3,6,8H,4-5,7H2,1H3,(H,15,16). The molecule has 0 heterocycles. The van der Waals surface area contributed by atoms with Gasteiger partial charge in [0.25, 0.3) is 0 Å². The minimum atomic E-state index is -0.824. The van der Waals surface area contributed by atoms with Crippen molar-refractivity contribution in [2.75, 3.05) is 7.11 Å². The first kappa shape index (κ1) is 11.6. The first-order valence-electron chi connectivity index (χ1n) is 5.47. The van der Waals surface area contributed by atoms with E-state index in [2.05, 4.69) is 0 Å². The Balaban J connectivity index is 2.38. The largest absolute Gasteiger partial charge is 0.497 e. The van der Waals surface area contributed by atoms with Crippen molar-refractivity contribution in [1.29, 1.82) is 0 Å². The lowest BCUT2D eigenvalue weighted by atomic mass is 9.89. The summed E-state index contributed by atoms with van der Waals surface area (Å²) in [6.45, 7) is 0. The van der Waals surface area contributed by atoms with Gasteiger partial charge in [0.1, 0.15) is 12.0 Å². The molecule has 1 aromatic rings. The van der Waals surface area contributed by atoms with Crippen molar-refractivity contribution >= 4 is 12.3 Å². The Morgan fingerprint density at radius 1 is 1.53 bits per heavy atom. The van der Waals surface area contributed by atoms with Crippen molar-refractivity contribution in [1.82, 2.24) is 0 Å². The van der Waals surface area contributed by atoms with Gasteiger partial charge in [0.2, 0.25) is 0 Å². The molecule has 0 aliphatic heterocycles. The molecule has 1 aliphatic rings. The summed E-state index contributed by atoms with van der Waals surface area (Å²) in [5.41, 5.74) is 1.02. The average Bonchev–Trinajstić information content (AvgIpc) is 3.08. The van der Waals surface area contributed by atoms with E-state index in [9.17, 15) is 9.59 Å². The number of rotatable bonds is 5. The first-order chi connectivity index (χ1) is 8.11. The van der Waals surface area contributed by atoms with Crippen LogP contribution in [0, 0.1) is 0 Å². The number of benzene rings is 1. The lowest BCUT2D eigenvalue weighted by Gasteiger charge is -2.16. The van der Waals surface area contributed by atoms with Crippen LogP contribution in [0.1, 0.15) is 35.2 Å². The molecule has 0 spiro atoms. The molecule has 0 radical (unpaired) electrons. The van der Waals surface area contributed by atoms with Crippen LogP contribution >= 0.6 is 0 Å². The number of carboxylic acid groups (broad SMARTS) is 1. The zero-order chi connectivity index (χ0) is 12.5. The molecule has 1 N–H and O–H groups in total. The number of carbonyl (C=O) groups is 2. The molecule has 0 saturated heterocycles. The SMILES string of the molecule is COc1ccc(C2(CC(=O)O)CC2)c(C=O)c1. The van der Waals surface area contributed by atoms with E-state index in [-0.39, 0.29) is 11.8 Å². The fourth-order valence-electron chi connectivity index (χ4n) is 2.23. The second kappa shape index (κ2) is 4.20. The number of hydrogen-bond donors (Lipinski definition) is 1. The van der Waals surface area contributed by atoms with Gasteiger partial charge in [-0.25, -0.2) is 0 Å². The average molecular weight is 234 g/mol. The van der Waals surface area contributed by atoms with Crippen LogP contribution in [0.5, 0.6) is 5.75 Å². The van der Waals surface area contributed by atoms with Gasteiger partial charge in [0.05, 0.1) is 13.5 Å². The van der Waals surface area contributed by atoms with E-state index in [1.165, 1.54) is 7.11 Å². The van der Waals surface area contributed by atoms with E-state index in [1.807, 2.05) is 0 Å². The number of carboxylic acids is 1. The third kappa shape index (κ3) is 2.16. The number of aliphatic carboxylic acids is 1. The Labute approximate surface area is 99.2 Å². The fraction of sp³-hybridized carbons (Fsp3) is 0.385.